The molecule has 6 heteroatoms. The molecule has 2 amide bonds. The average Bonchev–Trinajstić information content (AvgIpc) is 3.05. The lowest BCUT2D eigenvalue weighted by atomic mass is 10.1. The van der Waals surface area contributed by atoms with Crippen molar-refractivity contribution in [2.45, 2.75) is 18.9 Å². The third-order valence-electron chi connectivity index (χ3n) is 3.65. The van der Waals surface area contributed by atoms with E-state index >= 15 is 0 Å². The van der Waals surface area contributed by atoms with Crippen LogP contribution in [0.1, 0.15) is 18.4 Å². The summed E-state index contributed by atoms with van der Waals surface area (Å²) in [5.74, 6) is -1.38. The Balaban J connectivity index is 1.85. The van der Waals surface area contributed by atoms with Crippen LogP contribution in [0.25, 0.3) is 5.57 Å². The molecular weight excluding hydrogens is 297 g/mol. The Hall–Kier alpha value is -1.72. The minimum atomic E-state index is -0.517. The van der Waals surface area contributed by atoms with E-state index in [-0.39, 0.29) is 23.3 Å². The zero-order chi connectivity index (χ0) is 15.0. The van der Waals surface area contributed by atoms with Crippen LogP contribution in [0.4, 0.5) is 4.39 Å². The first-order valence-electron chi connectivity index (χ1n) is 6.71. The SMILES string of the molecule is O=C1C(Cl)=C(c2ccc(F)cc2)C(=O)N1CC1CCCO1. The molecule has 0 saturated carbocycles. The topological polar surface area (TPSA) is 46.6 Å². The van der Waals surface area contributed by atoms with E-state index in [1.165, 1.54) is 24.3 Å². The summed E-state index contributed by atoms with van der Waals surface area (Å²) in [5.41, 5.74) is 0.564. The second-order valence-electron chi connectivity index (χ2n) is 5.05. The number of rotatable bonds is 3. The Labute approximate surface area is 126 Å². The highest BCUT2D eigenvalue weighted by Gasteiger charge is 2.39. The molecule has 0 bridgehead atoms. The normalized spacial score (nSPS) is 22.6. The first-order valence-corrected chi connectivity index (χ1v) is 7.09. The Bertz CT molecular complexity index is 620. The molecule has 1 atom stereocenters. The van der Waals surface area contributed by atoms with E-state index < -0.39 is 17.6 Å². The lowest BCUT2D eigenvalue weighted by Gasteiger charge is -2.18. The van der Waals surface area contributed by atoms with Crippen molar-refractivity contribution in [3.05, 3.63) is 40.7 Å². The largest absolute Gasteiger partial charge is 0.376 e. The van der Waals surface area contributed by atoms with Crippen LogP contribution in [-0.4, -0.2) is 36.0 Å². The molecule has 2 aliphatic rings. The summed E-state index contributed by atoms with van der Waals surface area (Å²) < 4.78 is 18.4. The molecule has 2 aliphatic heterocycles. The van der Waals surface area contributed by atoms with Crippen molar-refractivity contribution in [1.29, 1.82) is 0 Å². The van der Waals surface area contributed by atoms with Gasteiger partial charge in [-0.1, -0.05) is 23.7 Å². The van der Waals surface area contributed by atoms with Crippen molar-refractivity contribution in [2.24, 2.45) is 0 Å². The van der Waals surface area contributed by atoms with Gasteiger partial charge in [0.25, 0.3) is 11.8 Å². The van der Waals surface area contributed by atoms with Gasteiger partial charge in [-0.15, -0.1) is 0 Å². The van der Waals surface area contributed by atoms with Crippen LogP contribution >= 0.6 is 11.6 Å². The molecule has 1 aromatic rings. The number of hydrogen-bond acceptors (Lipinski definition) is 3. The summed E-state index contributed by atoms with van der Waals surface area (Å²) in [4.78, 5) is 25.7. The first kappa shape index (κ1) is 14.2. The van der Waals surface area contributed by atoms with E-state index in [2.05, 4.69) is 0 Å². The van der Waals surface area contributed by atoms with Crippen LogP contribution in [0.5, 0.6) is 0 Å². The third-order valence-corrected chi connectivity index (χ3v) is 4.01. The molecule has 3 rings (SSSR count). The molecule has 0 aliphatic carbocycles. The molecule has 110 valence electrons. The van der Waals surface area contributed by atoms with Crippen molar-refractivity contribution >= 4 is 29.0 Å². The number of ether oxygens (including phenoxy) is 1. The monoisotopic (exact) mass is 309 g/mol. The maximum atomic E-state index is 13.0. The van der Waals surface area contributed by atoms with Crippen molar-refractivity contribution in [3.8, 4) is 0 Å². The molecule has 0 radical (unpaired) electrons. The molecule has 0 aromatic heterocycles. The zero-order valence-corrected chi connectivity index (χ0v) is 11.9. The molecule has 1 fully saturated rings. The highest BCUT2D eigenvalue weighted by molar-refractivity contribution is 6.55. The zero-order valence-electron chi connectivity index (χ0n) is 11.1. The summed E-state index contributed by atoms with van der Waals surface area (Å²) >= 11 is 6.01. The fourth-order valence-corrected chi connectivity index (χ4v) is 2.86. The van der Waals surface area contributed by atoms with Gasteiger partial charge in [0.05, 0.1) is 18.2 Å². The van der Waals surface area contributed by atoms with E-state index in [1.54, 1.807) is 0 Å². The number of imide groups is 1. The standard InChI is InChI=1S/C15H13ClFNO3/c16-13-12(9-3-5-10(17)6-4-9)14(19)18(15(13)20)8-11-2-1-7-21-11/h3-6,11H,1-2,7-8H2. The molecule has 2 heterocycles. The number of carbonyl (C=O) groups excluding carboxylic acids is 2. The smallest absolute Gasteiger partial charge is 0.273 e. The molecule has 0 N–H and O–H groups in total. The molecule has 0 spiro atoms. The molecule has 21 heavy (non-hydrogen) atoms. The Morgan fingerprint density at radius 1 is 1.24 bits per heavy atom. The van der Waals surface area contributed by atoms with Gasteiger partial charge in [0.1, 0.15) is 10.8 Å². The average molecular weight is 310 g/mol. The van der Waals surface area contributed by atoms with E-state index in [0.717, 1.165) is 17.7 Å². The van der Waals surface area contributed by atoms with Gasteiger partial charge in [-0.2, -0.15) is 0 Å². The van der Waals surface area contributed by atoms with Crippen LogP contribution in [-0.2, 0) is 14.3 Å². The van der Waals surface area contributed by atoms with Crippen molar-refractivity contribution < 1.29 is 18.7 Å². The van der Waals surface area contributed by atoms with Crippen LogP contribution in [0.3, 0.4) is 0 Å². The van der Waals surface area contributed by atoms with Crippen molar-refractivity contribution in [1.82, 2.24) is 4.90 Å². The van der Waals surface area contributed by atoms with Gasteiger partial charge in [0.15, 0.2) is 0 Å². The number of carbonyl (C=O) groups is 2. The Morgan fingerprint density at radius 2 is 1.95 bits per heavy atom. The van der Waals surface area contributed by atoms with Gasteiger partial charge in [0.2, 0.25) is 0 Å². The summed E-state index contributed by atoms with van der Waals surface area (Å²) in [7, 11) is 0. The van der Waals surface area contributed by atoms with Crippen LogP contribution in [0.2, 0.25) is 0 Å². The summed E-state index contributed by atoms with van der Waals surface area (Å²) in [6.07, 6.45) is 1.61. The van der Waals surface area contributed by atoms with E-state index in [4.69, 9.17) is 16.3 Å². The minimum Gasteiger partial charge on any atom is -0.376 e. The highest BCUT2D eigenvalue weighted by atomic mass is 35.5. The lowest BCUT2D eigenvalue weighted by Crippen LogP contribution is -2.37. The van der Waals surface area contributed by atoms with Gasteiger partial charge < -0.3 is 4.74 Å². The maximum Gasteiger partial charge on any atom is 0.273 e. The summed E-state index contributed by atoms with van der Waals surface area (Å²) in [6.45, 7) is 0.853. The maximum absolute atomic E-state index is 13.0. The fraction of sp³-hybridized carbons (Fsp3) is 0.333. The van der Waals surface area contributed by atoms with E-state index in [1.807, 2.05) is 0 Å². The number of hydrogen-bond donors (Lipinski definition) is 0. The Morgan fingerprint density at radius 3 is 2.57 bits per heavy atom. The van der Waals surface area contributed by atoms with Crippen LogP contribution < -0.4 is 0 Å². The second-order valence-corrected chi connectivity index (χ2v) is 5.43. The number of halogens is 2. The quantitative estimate of drug-likeness (QED) is 0.805. The predicted octanol–water partition coefficient (Wildman–Crippen LogP) is 2.32. The molecule has 1 saturated heterocycles. The van der Waals surface area contributed by atoms with Crippen LogP contribution in [0, 0.1) is 5.82 Å². The van der Waals surface area contributed by atoms with Crippen LogP contribution in [0.15, 0.2) is 29.3 Å². The van der Waals surface area contributed by atoms with E-state index in [9.17, 15) is 14.0 Å². The minimum absolute atomic E-state index is 0.121. The van der Waals surface area contributed by atoms with E-state index in [0.29, 0.717) is 12.2 Å². The first-order chi connectivity index (χ1) is 10.1. The number of amides is 2. The fourth-order valence-electron chi connectivity index (χ4n) is 2.57. The number of nitrogens with zero attached hydrogens (tertiary/aromatic N) is 1. The van der Waals surface area contributed by atoms with Gasteiger partial charge in [0, 0.05) is 6.61 Å². The third kappa shape index (κ3) is 2.59. The lowest BCUT2D eigenvalue weighted by molar-refractivity contribution is -0.138. The van der Waals surface area contributed by atoms with Gasteiger partial charge >= 0.3 is 0 Å². The molecular formula is C15H13ClFNO3. The predicted molar refractivity (Wildman–Crippen MR) is 74.9 cm³/mol. The van der Waals surface area contributed by atoms with Gasteiger partial charge in [-0.25, -0.2) is 4.39 Å². The number of benzene rings is 1. The summed E-state index contributed by atoms with van der Waals surface area (Å²) in [6, 6.07) is 5.33. The van der Waals surface area contributed by atoms with Crippen molar-refractivity contribution in [2.75, 3.05) is 13.2 Å². The molecule has 1 unspecified atom stereocenters. The molecule has 4 nitrogen and oxygen atoms in total. The van der Waals surface area contributed by atoms with Gasteiger partial charge in [-0.3, -0.25) is 14.5 Å². The Kier molecular flexibility index (Phi) is 3.78. The highest BCUT2D eigenvalue weighted by Crippen LogP contribution is 2.32. The molecule has 1 aromatic carbocycles. The van der Waals surface area contributed by atoms with Crippen molar-refractivity contribution in [3.63, 3.8) is 0 Å². The second kappa shape index (κ2) is 5.58. The summed E-state index contributed by atoms with van der Waals surface area (Å²) in [5, 5.41) is -0.121. The van der Waals surface area contributed by atoms with Gasteiger partial charge in [-0.05, 0) is 30.5 Å².